The molecule has 3 aromatic rings. The van der Waals surface area contributed by atoms with Crippen molar-refractivity contribution in [3.8, 4) is 16.9 Å². The first-order valence-corrected chi connectivity index (χ1v) is 5.99. The summed E-state index contributed by atoms with van der Waals surface area (Å²) in [5.74, 6) is -0.363. The minimum atomic E-state index is -0.363. The zero-order valence-electron chi connectivity index (χ0n) is 10.4. The molecule has 0 saturated carbocycles. The number of aldehydes is 1. The largest absolute Gasteiger partial charge is 0.298 e. The molecule has 4 nitrogen and oxygen atoms in total. The van der Waals surface area contributed by atoms with Gasteiger partial charge in [0.25, 0.3) is 0 Å². The lowest BCUT2D eigenvalue weighted by Crippen LogP contribution is -1.94. The van der Waals surface area contributed by atoms with Crippen LogP contribution in [0.1, 0.15) is 10.4 Å². The molecular formula is C15H10FN3O. The Balaban J connectivity index is 2.13. The van der Waals surface area contributed by atoms with Crippen molar-refractivity contribution in [1.29, 1.82) is 0 Å². The molecule has 0 bridgehead atoms. The SMILES string of the molecule is O=Cc1cn(-c2ccncc2)nc1-c1cccc(F)c1. The first kappa shape index (κ1) is 12.2. The van der Waals surface area contributed by atoms with Crippen molar-refractivity contribution in [3.63, 3.8) is 0 Å². The molecule has 2 aromatic heterocycles. The summed E-state index contributed by atoms with van der Waals surface area (Å²) in [6.45, 7) is 0. The van der Waals surface area contributed by atoms with Crippen molar-refractivity contribution in [1.82, 2.24) is 14.8 Å². The van der Waals surface area contributed by atoms with Crippen LogP contribution in [0.2, 0.25) is 0 Å². The van der Waals surface area contributed by atoms with E-state index in [1.807, 2.05) is 0 Å². The summed E-state index contributed by atoms with van der Waals surface area (Å²) in [6.07, 6.45) is 5.60. The minimum Gasteiger partial charge on any atom is -0.298 e. The Morgan fingerprint density at radius 3 is 2.65 bits per heavy atom. The topological polar surface area (TPSA) is 47.8 Å². The molecule has 0 aliphatic rings. The molecule has 0 unspecified atom stereocenters. The van der Waals surface area contributed by atoms with Crippen LogP contribution < -0.4 is 0 Å². The van der Waals surface area contributed by atoms with Gasteiger partial charge in [-0.25, -0.2) is 9.07 Å². The Morgan fingerprint density at radius 2 is 1.95 bits per heavy atom. The third-order valence-electron chi connectivity index (χ3n) is 2.89. The van der Waals surface area contributed by atoms with E-state index in [0.29, 0.717) is 23.1 Å². The predicted octanol–water partition coefficient (Wildman–Crippen LogP) is 2.89. The molecular weight excluding hydrogens is 257 g/mol. The van der Waals surface area contributed by atoms with E-state index in [9.17, 15) is 9.18 Å². The highest BCUT2D eigenvalue weighted by atomic mass is 19.1. The van der Waals surface area contributed by atoms with Gasteiger partial charge in [0.1, 0.15) is 11.5 Å². The van der Waals surface area contributed by atoms with Crippen molar-refractivity contribution < 1.29 is 9.18 Å². The molecule has 0 amide bonds. The van der Waals surface area contributed by atoms with E-state index < -0.39 is 0 Å². The number of hydrogen-bond acceptors (Lipinski definition) is 3. The lowest BCUT2D eigenvalue weighted by Gasteiger charge is -2.00. The van der Waals surface area contributed by atoms with Crippen LogP contribution >= 0.6 is 0 Å². The zero-order chi connectivity index (χ0) is 13.9. The van der Waals surface area contributed by atoms with Gasteiger partial charge in [0.05, 0.1) is 11.3 Å². The van der Waals surface area contributed by atoms with Crippen molar-refractivity contribution in [2.24, 2.45) is 0 Å². The second-order valence-corrected chi connectivity index (χ2v) is 4.21. The fourth-order valence-electron chi connectivity index (χ4n) is 1.96. The number of pyridine rings is 1. The lowest BCUT2D eigenvalue weighted by molar-refractivity contribution is 0.112. The van der Waals surface area contributed by atoms with E-state index in [2.05, 4.69) is 10.1 Å². The van der Waals surface area contributed by atoms with Crippen molar-refractivity contribution in [2.45, 2.75) is 0 Å². The van der Waals surface area contributed by atoms with Gasteiger partial charge in [-0.05, 0) is 24.3 Å². The van der Waals surface area contributed by atoms with Gasteiger partial charge in [-0.15, -0.1) is 0 Å². The standard InChI is InChI=1S/C15H10FN3O/c16-13-3-1-2-11(8-13)15-12(10-20)9-19(18-15)14-4-6-17-7-5-14/h1-10H. The lowest BCUT2D eigenvalue weighted by atomic mass is 10.1. The van der Waals surface area contributed by atoms with Crippen LogP contribution in [0.25, 0.3) is 16.9 Å². The maximum absolute atomic E-state index is 13.3. The summed E-state index contributed by atoms with van der Waals surface area (Å²) in [7, 11) is 0. The molecule has 0 aliphatic heterocycles. The molecule has 0 atom stereocenters. The summed E-state index contributed by atoms with van der Waals surface area (Å²) in [6, 6.07) is 9.56. The van der Waals surface area contributed by atoms with Crippen molar-refractivity contribution in [3.05, 3.63) is 66.4 Å². The molecule has 0 radical (unpaired) electrons. The van der Waals surface area contributed by atoms with E-state index >= 15 is 0 Å². The number of carbonyl (C=O) groups excluding carboxylic acids is 1. The van der Waals surface area contributed by atoms with Crippen LogP contribution in [-0.2, 0) is 0 Å². The van der Waals surface area contributed by atoms with Crippen LogP contribution in [0.5, 0.6) is 0 Å². The van der Waals surface area contributed by atoms with Crippen molar-refractivity contribution >= 4 is 6.29 Å². The number of nitrogens with zero attached hydrogens (tertiary/aromatic N) is 3. The van der Waals surface area contributed by atoms with E-state index in [1.54, 1.807) is 47.5 Å². The first-order valence-electron chi connectivity index (χ1n) is 5.99. The molecule has 0 aliphatic carbocycles. The second-order valence-electron chi connectivity index (χ2n) is 4.21. The molecule has 0 fully saturated rings. The summed E-state index contributed by atoms with van der Waals surface area (Å²) < 4.78 is 14.9. The zero-order valence-corrected chi connectivity index (χ0v) is 10.4. The third kappa shape index (κ3) is 2.21. The van der Waals surface area contributed by atoms with Crippen LogP contribution in [0.4, 0.5) is 4.39 Å². The van der Waals surface area contributed by atoms with E-state index in [0.717, 1.165) is 5.69 Å². The average molecular weight is 267 g/mol. The Morgan fingerprint density at radius 1 is 1.15 bits per heavy atom. The Kier molecular flexibility index (Phi) is 3.09. The third-order valence-corrected chi connectivity index (χ3v) is 2.89. The molecule has 2 heterocycles. The monoisotopic (exact) mass is 267 g/mol. The maximum atomic E-state index is 13.3. The number of rotatable bonds is 3. The highest BCUT2D eigenvalue weighted by molar-refractivity contribution is 5.85. The van der Waals surface area contributed by atoms with Crippen LogP contribution in [0.3, 0.4) is 0 Å². The van der Waals surface area contributed by atoms with Gasteiger partial charge >= 0.3 is 0 Å². The maximum Gasteiger partial charge on any atom is 0.153 e. The molecule has 98 valence electrons. The summed E-state index contributed by atoms with van der Waals surface area (Å²) in [5, 5.41) is 4.35. The average Bonchev–Trinajstić information content (AvgIpc) is 2.92. The fraction of sp³-hybridized carbons (Fsp3) is 0. The Bertz CT molecular complexity index is 753. The van der Waals surface area contributed by atoms with Crippen LogP contribution in [-0.4, -0.2) is 21.1 Å². The van der Waals surface area contributed by atoms with E-state index in [-0.39, 0.29) is 5.82 Å². The number of aromatic nitrogens is 3. The molecule has 0 spiro atoms. The molecule has 0 N–H and O–H groups in total. The van der Waals surface area contributed by atoms with Gasteiger partial charge in [0, 0.05) is 24.2 Å². The van der Waals surface area contributed by atoms with Gasteiger partial charge in [0.15, 0.2) is 6.29 Å². The first-order chi connectivity index (χ1) is 9.78. The quantitative estimate of drug-likeness (QED) is 0.685. The second kappa shape index (κ2) is 5.05. The summed E-state index contributed by atoms with van der Waals surface area (Å²) in [5.41, 5.74) is 2.22. The Labute approximate surface area is 114 Å². The number of carbonyl (C=O) groups is 1. The van der Waals surface area contributed by atoms with Gasteiger partial charge in [-0.3, -0.25) is 9.78 Å². The molecule has 3 rings (SSSR count). The number of hydrogen-bond donors (Lipinski definition) is 0. The summed E-state index contributed by atoms with van der Waals surface area (Å²) in [4.78, 5) is 15.1. The smallest absolute Gasteiger partial charge is 0.153 e. The highest BCUT2D eigenvalue weighted by Gasteiger charge is 2.12. The minimum absolute atomic E-state index is 0.363. The fourth-order valence-corrected chi connectivity index (χ4v) is 1.96. The van der Waals surface area contributed by atoms with Gasteiger partial charge in [0.2, 0.25) is 0 Å². The van der Waals surface area contributed by atoms with Crippen molar-refractivity contribution in [2.75, 3.05) is 0 Å². The highest BCUT2D eigenvalue weighted by Crippen LogP contribution is 2.23. The normalized spacial score (nSPS) is 10.4. The van der Waals surface area contributed by atoms with E-state index in [4.69, 9.17) is 0 Å². The Hall–Kier alpha value is -2.82. The molecule has 1 aromatic carbocycles. The number of halogens is 1. The molecule has 20 heavy (non-hydrogen) atoms. The van der Waals surface area contributed by atoms with Gasteiger partial charge in [-0.2, -0.15) is 5.10 Å². The number of benzene rings is 1. The van der Waals surface area contributed by atoms with Gasteiger partial charge < -0.3 is 0 Å². The molecule has 5 heteroatoms. The predicted molar refractivity (Wildman–Crippen MR) is 72.1 cm³/mol. The van der Waals surface area contributed by atoms with Crippen LogP contribution in [0, 0.1) is 5.82 Å². The van der Waals surface area contributed by atoms with E-state index in [1.165, 1.54) is 12.1 Å². The van der Waals surface area contributed by atoms with Gasteiger partial charge in [-0.1, -0.05) is 12.1 Å². The molecule has 0 saturated heterocycles. The van der Waals surface area contributed by atoms with Crippen LogP contribution in [0.15, 0.2) is 55.0 Å². The summed E-state index contributed by atoms with van der Waals surface area (Å²) >= 11 is 0.